The number of nitro benzene ring substituents is 1. The van der Waals surface area contributed by atoms with Gasteiger partial charge >= 0.3 is 0 Å². The molecule has 1 aliphatic rings. The molecular weight excluding hydrogens is 227 g/mol. The van der Waals surface area contributed by atoms with Crippen LogP contribution in [-0.4, -0.2) is 29.2 Å². The summed E-state index contributed by atoms with van der Waals surface area (Å²) in [4.78, 5) is 11.8. The molecule has 1 heterocycles. The van der Waals surface area contributed by atoms with Gasteiger partial charge in [-0.25, -0.2) is 4.39 Å². The Morgan fingerprint density at radius 2 is 2.29 bits per heavy atom. The van der Waals surface area contributed by atoms with E-state index in [1.165, 1.54) is 12.1 Å². The fourth-order valence-corrected chi connectivity index (χ4v) is 2.20. The van der Waals surface area contributed by atoms with Crippen LogP contribution in [0.5, 0.6) is 0 Å². The van der Waals surface area contributed by atoms with E-state index in [4.69, 9.17) is 0 Å². The van der Waals surface area contributed by atoms with Crippen LogP contribution in [0.4, 0.5) is 15.8 Å². The average Bonchev–Trinajstić information content (AvgIpc) is 2.76. The van der Waals surface area contributed by atoms with Gasteiger partial charge in [0.2, 0.25) is 0 Å². The summed E-state index contributed by atoms with van der Waals surface area (Å²) in [7, 11) is 0. The molecule has 1 N–H and O–H groups in total. The molecular formula is C11H13FN2O3. The minimum absolute atomic E-state index is 0.0235. The molecule has 0 aromatic heterocycles. The Bertz CT molecular complexity index is 439. The Kier molecular flexibility index (Phi) is 3.23. The SMILES string of the molecule is O=[N+]([O-])c1cc(F)cc(N2CCCC2CO)c1. The minimum atomic E-state index is -0.627. The lowest BCUT2D eigenvalue weighted by molar-refractivity contribution is -0.385. The van der Waals surface area contributed by atoms with E-state index in [0.29, 0.717) is 12.2 Å². The van der Waals surface area contributed by atoms with Crippen LogP contribution < -0.4 is 4.90 Å². The zero-order chi connectivity index (χ0) is 12.4. The van der Waals surface area contributed by atoms with E-state index < -0.39 is 10.7 Å². The second-order valence-electron chi connectivity index (χ2n) is 4.10. The number of nitro groups is 1. The molecule has 6 heteroatoms. The standard InChI is InChI=1S/C11H13FN2O3/c12-8-4-10(6-11(5-8)14(16)17)13-3-1-2-9(13)7-15/h4-6,9,15H,1-3,7H2. The van der Waals surface area contributed by atoms with E-state index in [0.717, 1.165) is 18.9 Å². The van der Waals surface area contributed by atoms with Crippen LogP contribution in [0.15, 0.2) is 18.2 Å². The summed E-state index contributed by atoms with van der Waals surface area (Å²) in [6.45, 7) is 0.663. The van der Waals surface area contributed by atoms with Crippen molar-refractivity contribution in [1.29, 1.82) is 0 Å². The first-order valence-corrected chi connectivity index (χ1v) is 5.44. The summed E-state index contributed by atoms with van der Waals surface area (Å²) in [5.74, 6) is -0.627. The fourth-order valence-electron chi connectivity index (χ4n) is 2.20. The molecule has 1 aromatic carbocycles. The molecule has 1 aliphatic heterocycles. The zero-order valence-corrected chi connectivity index (χ0v) is 9.17. The highest BCUT2D eigenvalue weighted by molar-refractivity contribution is 5.55. The second kappa shape index (κ2) is 4.67. The van der Waals surface area contributed by atoms with Gasteiger partial charge in [0.1, 0.15) is 5.82 Å². The van der Waals surface area contributed by atoms with Gasteiger partial charge in [0.15, 0.2) is 0 Å². The lowest BCUT2D eigenvalue weighted by atomic mass is 10.2. The highest BCUT2D eigenvalue weighted by atomic mass is 19.1. The van der Waals surface area contributed by atoms with Crippen molar-refractivity contribution >= 4 is 11.4 Å². The maximum Gasteiger partial charge on any atom is 0.274 e. The molecule has 0 saturated carbocycles. The molecule has 5 nitrogen and oxygen atoms in total. The smallest absolute Gasteiger partial charge is 0.274 e. The summed E-state index contributed by atoms with van der Waals surface area (Å²) in [5.41, 5.74) is 0.205. The molecule has 0 spiro atoms. The quantitative estimate of drug-likeness (QED) is 0.645. The molecule has 0 aliphatic carbocycles. The Morgan fingerprint density at radius 3 is 2.94 bits per heavy atom. The normalized spacial score (nSPS) is 19.6. The van der Waals surface area contributed by atoms with Gasteiger partial charge in [-0.15, -0.1) is 0 Å². The molecule has 1 atom stereocenters. The van der Waals surface area contributed by atoms with Crippen LogP contribution in [0.2, 0.25) is 0 Å². The topological polar surface area (TPSA) is 66.6 Å². The van der Waals surface area contributed by atoms with Gasteiger partial charge in [-0.05, 0) is 18.9 Å². The molecule has 2 rings (SSSR count). The molecule has 92 valence electrons. The molecule has 0 amide bonds. The zero-order valence-electron chi connectivity index (χ0n) is 9.17. The number of hydrogen-bond donors (Lipinski definition) is 1. The number of aliphatic hydroxyl groups excluding tert-OH is 1. The first-order valence-electron chi connectivity index (χ1n) is 5.44. The Hall–Kier alpha value is -1.69. The molecule has 0 bridgehead atoms. The largest absolute Gasteiger partial charge is 0.394 e. The van der Waals surface area contributed by atoms with Crippen LogP contribution in [0, 0.1) is 15.9 Å². The van der Waals surface area contributed by atoms with E-state index >= 15 is 0 Å². The van der Waals surface area contributed by atoms with Crippen molar-refractivity contribution in [3.05, 3.63) is 34.1 Å². The third kappa shape index (κ3) is 2.36. The van der Waals surface area contributed by atoms with E-state index in [2.05, 4.69) is 0 Å². The van der Waals surface area contributed by atoms with Crippen molar-refractivity contribution in [3.8, 4) is 0 Å². The number of rotatable bonds is 3. The van der Waals surface area contributed by atoms with E-state index in [1.54, 1.807) is 0 Å². The van der Waals surface area contributed by atoms with Crippen molar-refractivity contribution in [3.63, 3.8) is 0 Å². The van der Waals surface area contributed by atoms with Gasteiger partial charge in [-0.3, -0.25) is 10.1 Å². The summed E-state index contributed by atoms with van der Waals surface area (Å²) in [6, 6.07) is 3.43. The monoisotopic (exact) mass is 240 g/mol. The molecule has 0 radical (unpaired) electrons. The predicted octanol–water partition coefficient (Wildman–Crippen LogP) is 1.69. The van der Waals surface area contributed by atoms with Crippen LogP contribution in [0.25, 0.3) is 0 Å². The van der Waals surface area contributed by atoms with Crippen LogP contribution in [-0.2, 0) is 0 Å². The van der Waals surface area contributed by atoms with Crippen molar-refractivity contribution in [2.24, 2.45) is 0 Å². The third-order valence-electron chi connectivity index (χ3n) is 3.00. The number of halogens is 1. The predicted molar refractivity (Wildman–Crippen MR) is 60.5 cm³/mol. The minimum Gasteiger partial charge on any atom is -0.394 e. The molecule has 1 unspecified atom stereocenters. The lowest BCUT2D eigenvalue weighted by Crippen LogP contribution is -2.32. The number of non-ortho nitro benzene ring substituents is 1. The van der Waals surface area contributed by atoms with Gasteiger partial charge < -0.3 is 10.0 Å². The van der Waals surface area contributed by atoms with Crippen molar-refractivity contribution in [2.75, 3.05) is 18.1 Å². The van der Waals surface area contributed by atoms with Crippen molar-refractivity contribution in [1.82, 2.24) is 0 Å². The Balaban J connectivity index is 2.34. The summed E-state index contributed by atoms with van der Waals surface area (Å²) < 4.78 is 13.3. The lowest BCUT2D eigenvalue weighted by Gasteiger charge is -2.25. The fraction of sp³-hybridized carbons (Fsp3) is 0.455. The number of aliphatic hydroxyl groups is 1. The van der Waals surface area contributed by atoms with E-state index in [-0.39, 0.29) is 18.3 Å². The van der Waals surface area contributed by atoms with Gasteiger partial charge in [-0.2, -0.15) is 0 Å². The average molecular weight is 240 g/mol. The first-order chi connectivity index (χ1) is 8.11. The van der Waals surface area contributed by atoms with Gasteiger partial charge in [0.25, 0.3) is 5.69 Å². The molecule has 1 fully saturated rings. The summed E-state index contributed by atoms with van der Waals surface area (Å²) in [6.07, 6.45) is 1.72. The Labute approximate surface area is 97.6 Å². The van der Waals surface area contributed by atoms with Crippen molar-refractivity contribution < 1.29 is 14.4 Å². The number of anilines is 1. The van der Waals surface area contributed by atoms with Gasteiger partial charge in [0, 0.05) is 18.3 Å². The van der Waals surface area contributed by atoms with Crippen LogP contribution >= 0.6 is 0 Å². The molecule has 1 aromatic rings. The van der Waals surface area contributed by atoms with Crippen molar-refractivity contribution in [2.45, 2.75) is 18.9 Å². The van der Waals surface area contributed by atoms with Gasteiger partial charge in [0.05, 0.1) is 23.6 Å². The number of nitrogens with zero attached hydrogens (tertiary/aromatic N) is 2. The number of hydrogen-bond acceptors (Lipinski definition) is 4. The summed E-state index contributed by atoms with van der Waals surface area (Å²) in [5, 5.41) is 19.8. The van der Waals surface area contributed by atoms with Crippen LogP contribution in [0.3, 0.4) is 0 Å². The Morgan fingerprint density at radius 1 is 1.53 bits per heavy atom. The van der Waals surface area contributed by atoms with E-state index in [1.807, 2.05) is 4.90 Å². The summed E-state index contributed by atoms with van der Waals surface area (Å²) >= 11 is 0. The highest BCUT2D eigenvalue weighted by Crippen LogP contribution is 2.29. The van der Waals surface area contributed by atoms with Gasteiger partial charge in [-0.1, -0.05) is 0 Å². The van der Waals surface area contributed by atoms with E-state index in [9.17, 15) is 19.6 Å². The second-order valence-corrected chi connectivity index (χ2v) is 4.10. The van der Waals surface area contributed by atoms with Crippen LogP contribution in [0.1, 0.15) is 12.8 Å². The highest BCUT2D eigenvalue weighted by Gasteiger charge is 2.25. The maximum absolute atomic E-state index is 13.3. The third-order valence-corrected chi connectivity index (χ3v) is 3.00. The molecule has 17 heavy (non-hydrogen) atoms. The maximum atomic E-state index is 13.3. The number of benzene rings is 1. The molecule has 1 saturated heterocycles. The first kappa shape index (κ1) is 11.8.